The van der Waals surface area contributed by atoms with E-state index < -0.39 is 10.1 Å². The zero-order valence-electron chi connectivity index (χ0n) is 19.2. The van der Waals surface area contributed by atoms with Crippen molar-refractivity contribution in [2.45, 2.75) is 6.92 Å². The number of H-pyrrole nitrogens is 1. The summed E-state index contributed by atoms with van der Waals surface area (Å²) in [5.74, 6) is 0.454. The van der Waals surface area contributed by atoms with Crippen LogP contribution in [-0.2, 0) is 10.1 Å². The zero-order valence-corrected chi connectivity index (χ0v) is 20.0. The van der Waals surface area contributed by atoms with Crippen molar-refractivity contribution < 1.29 is 22.1 Å². The Labute approximate surface area is 197 Å². The van der Waals surface area contributed by atoms with E-state index >= 15 is 0 Å². The van der Waals surface area contributed by atoms with Crippen molar-refractivity contribution in [2.75, 3.05) is 27.0 Å². The van der Waals surface area contributed by atoms with Crippen molar-refractivity contribution in [3.63, 3.8) is 0 Å². The van der Waals surface area contributed by atoms with E-state index in [1.165, 1.54) is 18.0 Å². The second-order valence-electron chi connectivity index (χ2n) is 7.78. The number of hydrogen-bond acceptors (Lipinski definition) is 7. The molecule has 176 valence electrons. The van der Waals surface area contributed by atoms with E-state index in [2.05, 4.69) is 15.0 Å². The summed E-state index contributed by atoms with van der Waals surface area (Å²) in [6.07, 6.45) is 6.68. The first-order chi connectivity index (χ1) is 16.2. The van der Waals surface area contributed by atoms with Crippen LogP contribution in [0.1, 0.15) is 17.3 Å². The molecule has 3 aromatic heterocycles. The maximum atomic E-state index is 12.4. The number of carbonyl (C=O) groups is 1. The van der Waals surface area contributed by atoms with Gasteiger partial charge in [-0.1, -0.05) is 0 Å². The van der Waals surface area contributed by atoms with Gasteiger partial charge in [-0.15, -0.1) is 0 Å². The monoisotopic (exact) mass is 480 g/mol. The molecule has 0 aliphatic heterocycles. The number of rotatable bonds is 7. The number of aromatic amines is 1. The van der Waals surface area contributed by atoms with Crippen LogP contribution in [0.25, 0.3) is 33.3 Å². The standard InChI is InChI=1S/C24H24N4O5S/c1-5-34(30,31)33-18-6-7-22(32-4)19(10-18)21-14-27-23-20(21)9-16(13-26-23)15-8-17(12-25-11-15)24(29)28(2)3/h6-14H,5H2,1-4H3,(H,26,27). The fourth-order valence-electron chi connectivity index (χ4n) is 3.51. The van der Waals surface area contributed by atoms with Crippen molar-refractivity contribution in [1.82, 2.24) is 19.9 Å². The lowest BCUT2D eigenvalue weighted by Crippen LogP contribution is -2.21. The van der Waals surface area contributed by atoms with Gasteiger partial charge >= 0.3 is 10.1 Å². The Morgan fingerprint density at radius 1 is 1.06 bits per heavy atom. The number of nitrogens with one attached hydrogen (secondary N) is 1. The molecule has 1 amide bonds. The topological polar surface area (TPSA) is 114 Å². The van der Waals surface area contributed by atoms with E-state index in [9.17, 15) is 13.2 Å². The smallest absolute Gasteiger partial charge is 0.308 e. The maximum Gasteiger partial charge on any atom is 0.308 e. The average Bonchev–Trinajstić information content (AvgIpc) is 3.26. The van der Waals surface area contributed by atoms with E-state index in [1.54, 1.807) is 64.1 Å². The van der Waals surface area contributed by atoms with Gasteiger partial charge in [0.15, 0.2) is 0 Å². The molecule has 3 heterocycles. The number of pyridine rings is 2. The van der Waals surface area contributed by atoms with Crippen LogP contribution in [0.4, 0.5) is 0 Å². The van der Waals surface area contributed by atoms with Gasteiger partial charge in [0.05, 0.1) is 18.4 Å². The lowest BCUT2D eigenvalue weighted by molar-refractivity contribution is 0.0827. The Morgan fingerprint density at radius 3 is 2.53 bits per heavy atom. The van der Waals surface area contributed by atoms with Crippen LogP contribution < -0.4 is 8.92 Å². The Bertz CT molecular complexity index is 1480. The van der Waals surface area contributed by atoms with E-state index in [-0.39, 0.29) is 17.4 Å². The number of aromatic nitrogens is 3. The highest BCUT2D eigenvalue weighted by Gasteiger charge is 2.17. The third-order valence-electron chi connectivity index (χ3n) is 5.29. The van der Waals surface area contributed by atoms with E-state index in [0.717, 1.165) is 22.1 Å². The van der Waals surface area contributed by atoms with E-state index in [4.69, 9.17) is 8.92 Å². The maximum absolute atomic E-state index is 12.4. The first-order valence-corrected chi connectivity index (χ1v) is 12.0. The Kier molecular flexibility index (Phi) is 6.25. The summed E-state index contributed by atoms with van der Waals surface area (Å²) in [6, 6.07) is 8.54. The first kappa shape index (κ1) is 23.2. The molecule has 0 saturated carbocycles. The summed E-state index contributed by atoms with van der Waals surface area (Å²) in [6.45, 7) is 1.52. The van der Waals surface area contributed by atoms with Crippen LogP contribution >= 0.6 is 0 Å². The Balaban J connectivity index is 1.82. The van der Waals surface area contributed by atoms with Crippen molar-refractivity contribution in [3.05, 3.63) is 60.7 Å². The highest BCUT2D eigenvalue weighted by Crippen LogP contribution is 2.38. The minimum absolute atomic E-state index is 0.141. The fraction of sp³-hybridized carbons (Fsp3) is 0.208. The van der Waals surface area contributed by atoms with Crippen molar-refractivity contribution in [1.29, 1.82) is 0 Å². The third kappa shape index (κ3) is 4.58. The molecule has 0 atom stereocenters. The molecule has 0 unspecified atom stereocenters. The van der Waals surface area contributed by atoms with Gasteiger partial charge in [0.2, 0.25) is 0 Å². The highest BCUT2D eigenvalue weighted by molar-refractivity contribution is 7.87. The zero-order chi connectivity index (χ0) is 24.5. The number of carbonyl (C=O) groups excluding carboxylic acids is 1. The van der Waals surface area contributed by atoms with Crippen LogP contribution in [-0.4, -0.2) is 61.1 Å². The van der Waals surface area contributed by atoms with Crippen LogP contribution in [0.5, 0.6) is 11.5 Å². The molecule has 0 saturated heterocycles. The van der Waals surface area contributed by atoms with E-state index in [1.807, 2.05) is 6.07 Å². The number of fused-ring (bicyclic) bond motifs is 1. The van der Waals surface area contributed by atoms with Crippen LogP contribution in [0.2, 0.25) is 0 Å². The molecule has 10 heteroatoms. The van der Waals surface area contributed by atoms with Gasteiger partial charge in [0.25, 0.3) is 5.91 Å². The minimum Gasteiger partial charge on any atom is -0.496 e. The molecule has 0 aliphatic carbocycles. The van der Waals surface area contributed by atoms with Crippen LogP contribution in [0.3, 0.4) is 0 Å². The highest BCUT2D eigenvalue weighted by atomic mass is 32.2. The lowest BCUT2D eigenvalue weighted by Gasteiger charge is -2.12. The van der Waals surface area contributed by atoms with Gasteiger partial charge in [0, 0.05) is 66.5 Å². The molecule has 4 rings (SSSR count). The molecule has 0 spiro atoms. The molecule has 0 fully saturated rings. The molecule has 9 nitrogen and oxygen atoms in total. The summed E-state index contributed by atoms with van der Waals surface area (Å²) >= 11 is 0. The fourth-order valence-corrected chi connectivity index (χ4v) is 4.03. The molecule has 0 radical (unpaired) electrons. The minimum atomic E-state index is -3.68. The Hall–Kier alpha value is -3.92. The van der Waals surface area contributed by atoms with Gasteiger partial charge < -0.3 is 18.8 Å². The lowest BCUT2D eigenvalue weighted by atomic mass is 10.0. The average molecular weight is 481 g/mol. The number of ether oxygens (including phenoxy) is 1. The van der Waals surface area contributed by atoms with Crippen LogP contribution in [0.15, 0.2) is 55.1 Å². The molecular formula is C24H24N4O5S. The molecule has 1 N–H and O–H groups in total. The summed E-state index contributed by atoms with van der Waals surface area (Å²) in [5, 5.41) is 0.788. The van der Waals surface area contributed by atoms with Crippen molar-refractivity contribution in [2.24, 2.45) is 0 Å². The predicted molar refractivity (Wildman–Crippen MR) is 129 cm³/mol. The van der Waals surface area contributed by atoms with Crippen molar-refractivity contribution in [3.8, 4) is 33.8 Å². The Morgan fingerprint density at radius 2 is 1.82 bits per heavy atom. The number of nitrogens with zero attached hydrogens (tertiary/aromatic N) is 3. The SMILES string of the molecule is CCS(=O)(=O)Oc1ccc(OC)c(-c2c[nH]c3ncc(-c4cncc(C(=O)N(C)C)c4)cc23)c1. The summed E-state index contributed by atoms with van der Waals surface area (Å²) in [4.78, 5) is 25.7. The summed E-state index contributed by atoms with van der Waals surface area (Å²) < 4.78 is 34.6. The summed E-state index contributed by atoms with van der Waals surface area (Å²) in [7, 11) is 1.23. The first-order valence-electron chi connectivity index (χ1n) is 10.5. The van der Waals surface area contributed by atoms with Gasteiger partial charge in [-0.2, -0.15) is 8.42 Å². The molecule has 1 aromatic carbocycles. The molecule has 4 aromatic rings. The third-order valence-corrected chi connectivity index (χ3v) is 6.45. The summed E-state index contributed by atoms with van der Waals surface area (Å²) in [5.41, 5.74) is 4.03. The van der Waals surface area contributed by atoms with Crippen molar-refractivity contribution >= 4 is 27.1 Å². The van der Waals surface area contributed by atoms with Gasteiger partial charge in [-0.3, -0.25) is 9.78 Å². The second-order valence-corrected chi connectivity index (χ2v) is 9.64. The van der Waals surface area contributed by atoms with Gasteiger partial charge in [-0.05, 0) is 37.3 Å². The number of hydrogen-bond donors (Lipinski definition) is 1. The van der Waals surface area contributed by atoms with Gasteiger partial charge in [-0.25, -0.2) is 4.98 Å². The predicted octanol–water partition coefficient (Wildman–Crippen LogP) is 3.73. The largest absolute Gasteiger partial charge is 0.496 e. The molecule has 0 bridgehead atoms. The molecule has 0 aliphatic rings. The quantitative estimate of drug-likeness (QED) is 0.401. The molecular weight excluding hydrogens is 456 g/mol. The van der Waals surface area contributed by atoms with Crippen LogP contribution in [0, 0.1) is 0 Å². The number of benzene rings is 1. The second kappa shape index (κ2) is 9.14. The number of amides is 1. The van der Waals surface area contributed by atoms with E-state index in [0.29, 0.717) is 22.5 Å². The number of methoxy groups -OCH3 is 1. The normalized spacial score (nSPS) is 11.4. The molecule has 34 heavy (non-hydrogen) atoms. The van der Waals surface area contributed by atoms with Gasteiger partial charge in [0.1, 0.15) is 17.1 Å².